The molecule has 0 spiro atoms. The van der Waals surface area contributed by atoms with Crippen LogP contribution in [0.2, 0.25) is 0 Å². The van der Waals surface area contributed by atoms with E-state index < -0.39 is 0 Å². The number of phenolic OH excluding ortho intramolecular Hbond substituents is 1. The van der Waals surface area contributed by atoms with E-state index in [-0.39, 0.29) is 101 Å². The first-order valence-corrected chi connectivity index (χ1v) is 47.7. The van der Waals surface area contributed by atoms with Crippen molar-refractivity contribution >= 4 is 142 Å². The predicted octanol–water partition coefficient (Wildman–Crippen LogP) is 29.5. The monoisotopic (exact) mass is 2370 g/mol. The van der Waals surface area contributed by atoms with Crippen LogP contribution in [0.4, 0.5) is 0 Å². The Hall–Kier alpha value is -13.4. The van der Waals surface area contributed by atoms with Crippen molar-refractivity contribution in [3.63, 3.8) is 0 Å². The fourth-order valence-corrected chi connectivity index (χ4v) is 20.1. The zero-order chi connectivity index (χ0) is 94.6. The van der Waals surface area contributed by atoms with Crippen molar-refractivity contribution in [3.8, 4) is 79.6 Å². The molecule has 0 saturated heterocycles. The van der Waals surface area contributed by atoms with Gasteiger partial charge in [-0.2, -0.15) is 15.3 Å². The third-order valence-corrected chi connectivity index (χ3v) is 28.0. The Morgan fingerprint density at radius 2 is 0.621 bits per heavy atom. The summed E-state index contributed by atoms with van der Waals surface area (Å²) in [4.78, 5) is 41.1. The second-order valence-corrected chi connectivity index (χ2v) is 43.5. The predicted molar refractivity (Wildman–Crippen MR) is 567 cm³/mol. The molecule has 702 valence electrons. The Labute approximate surface area is 857 Å². The summed E-state index contributed by atoms with van der Waals surface area (Å²) in [6.45, 7) is 40.7. The molecule has 0 radical (unpaired) electrons. The number of pyridine rings is 3. The number of nitrogens with zero attached hydrogens (tertiary/aromatic N) is 14. The van der Waals surface area contributed by atoms with Crippen LogP contribution in [0.25, 0.3) is 216 Å². The molecule has 1 aliphatic rings. The number of benzene rings is 13. The summed E-state index contributed by atoms with van der Waals surface area (Å²) < 4.78 is 5.88. The second-order valence-electron chi connectivity index (χ2n) is 43.5. The Morgan fingerprint density at radius 3 is 1.07 bits per heavy atom. The van der Waals surface area contributed by atoms with Gasteiger partial charge in [-0.25, -0.2) is 29.0 Å². The van der Waals surface area contributed by atoms with Gasteiger partial charge in [0.2, 0.25) is 0 Å². The second kappa shape index (κ2) is 34.8. The average Bonchev–Trinajstić information content (AvgIpc) is 1.58. The van der Waals surface area contributed by atoms with E-state index in [4.69, 9.17) is 55.2 Å². The number of fused-ring (bicyclic) bond motifs is 21. The summed E-state index contributed by atoms with van der Waals surface area (Å²) in [5, 5.41) is 41.1. The van der Waals surface area contributed by atoms with Crippen molar-refractivity contribution in [1.29, 1.82) is 0 Å². The van der Waals surface area contributed by atoms with E-state index in [1.54, 1.807) is 6.07 Å². The van der Waals surface area contributed by atoms with E-state index in [1.165, 1.54) is 76.8 Å². The molecule has 25 rings (SSSR count). The van der Waals surface area contributed by atoms with E-state index in [1.807, 2.05) is 62.6 Å². The van der Waals surface area contributed by atoms with Crippen LogP contribution in [0, 0.1) is 0 Å². The summed E-state index contributed by atoms with van der Waals surface area (Å²) in [6, 6.07) is 102. The maximum absolute atomic E-state index is 10.5. The molecule has 11 aromatic heterocycles. The minimum atomic E-state index is -0.0664. The minimum Gasteiger partial charge on any atom is -0.656 e. The average molecular weight is 2370 g/mol. The van der Waals surface area contributed by atoms with Gasteiger partial charge in [0.15, 0.2) is 17.5 Å². The molecule has 0 bridgehead atoms. The Kier molecular flexibility index (Phi) is 23.4. The molecule has 24 aromatic rings. The van der Waals surface area contributed by atoms with Gasteiger partial charge in [0.1, 0.15) is 11.3 Å². The molecule has 0 fully saturated rings. The van der Waals surface area contributed by atoms with Crippen molar-refractivity contribution in [2.24, 2.45) is 0 Å². The first-order valence-electron chi connectivity index (χ1n) is 47.7. The molecule has 0 unspecified atom stereocenters. The molecular formula is C122H107N14OPt3-. The molecule has 1 N–H and O–H groups in total. The first-order chi connectivity index (χ1) is 65.6. The molecule has 0 atom stereocenters. The summed E-state index contributed by atoms with van der Waals surface area (Å²) >= 11 is 0. The van der Waals surface area contributed by atoms with E-state index >= 15 is 0 Å². The van der Waals surface area contributed by atoms with Crippen molar-refractivity contribution in [2.75, 3.05) is 0 Å². The minimum absolute atomic E-state index is 0. The van der Waals surface area contributed by atoms with Crippen LogP contribution in [0.5, 0.6) is 5.75 Å². The van der Waals surface area contributed by atoms with Gasteiger partial charge in [-0.3, -0.25) is 0 Å². The maximum atomic E-state index is 10.5. The third kappa shape index (κ3) is 16.3. The van der Waals surface area contributed by atoms with Gasteiger partial charge in [-0.1, -0.05) is 367 Å². The molecule has 0 amide bonds. The Morgan fingerprint density at radius 1 is 0.264 bits per heavy atom. The van der Waals surface area contributed by atoms with Crippen LogP contribution in [0.3, 0.4) is 0 Å². The SMILES string of the molecule is CC(C)(C)c1ccc2[n-]c3c(-c4nn(-c5ccc6c(n5)-c5[n-]c7ccccc7c5CC6)c5ccccc45)cc(C(C)(C)C)cc3c2c1.CC(C)(C)c1ccc2[n-]c3c(-c4nn(-c5ccc6cccc(O)c6n5)c5ccccc45)cc(C(C)(C)C)cc3c2c1.CC(C)(C)c1ccc2[n-]c3c(-c4nn(-c5cccc(-c6cccc7c6[n-]c6ccccc67)n5)c5ccccc45)cc(C(C)(C)C)cc3c2c1.[Pt+2].[Pt+2].[Pt]. The summed E-state index contributed by atoms with van der Waals surface area (Å²) in [5.41, 5.74) is 32.3. The fourth-order valence-electron chi connectivity index (χ4n) is 20.1. The van der Waals surface area contributed by atoms with Gasteiger partial charge < -0.3 is 30.0 Å². The summed E-state index contributed by atoms with van der Waals surface area (Å²) in [6.07, 6.45) is 1.94. The van der Waals surface area contributed by atoms with Crippen LogP contribution >= 0.6 is 0 Å². The molecular weight excluding hydrogens is 2260 g/mol. The first kappa shape index (κ1) is 94.2. The maximum Gasteiger partial charge on any atom is 2.00 e. The molecule has 140 heavy (non-hydrogen) atoms. The van der Waals surface area contributed by atoms with Gasteiger partial charge in [0.25, 0.3) is 0 Å². The number of rotatable bonds is 7. The molecule has 15 nitrogen and oxygen atoms in total. The van der Waals surface area contributed by atoms with Crippen LogP contribution in [0.1, 0.15) is 169 Å². The largest absolute Gasteiger partial charge is 2.00 e. The van der Waals surface area contributed by atoms with E-state index in [0.717, 1.165) is 185 Å². The number of aryl methyl sites for hydroxylation is 2. The standard InChI is InChI=1S/C44H37N5.C42H37N5.C36H33N4O.3Pt/c1-43(2,3)26-21-22-37-32(23-26)33-24-27(44(4,5)6)25-34(41(33)47-37)42-31-14-8-10-19-38(31)49(48-42)39-20-12-18-36(45-39)30-16-11-15-29-28-13-7-9-17-35(28)46-40(29)30;1-41(2,3)25-17-19-34-30(21-25)31-22-26(42(4,5)6)23-32(38(31)43-34)39-29-12-8-10-14-35(29)47(46-39)36-20-16-24-15-18-28-27-11-7-9-13-33(27)44-40(28)37(24)45-36;1-35(2,3)22-15-16-28-25(18-22)26-19-23(36(4,5)6)20-27(33(26)37-28)34-24-11-7-8-12-29(24)40(39-34)31-17-14-21-10-9-13-30(41)32(21)38-31;;;/h7-25H,1-6H3;7-14,16-17,19-23H,15,18H2,1-6H3;7-20H,1-6H3,(H-,37,39,41);;;/q2*-2;-1;;2*+2. The molecule has 1 aliphatic carbocycles. The molecule has 11 heterocycles. The van der Waals surface area contributed by atoms with Crippen LogP contribution in [-0.2, 0) is 109 Å². The summed E-state index contributed by atoms with van der Waals surface area (Å²) in [5.74, 6) is 2.36. The molecule has 0 aliphatic heterocycles. The van der Waals surface area contributed by atoms with Crippen molar-refractivity contribution in [3.05, 3.63) is 336 Å². The number of aromatic hydroxyl groups is 1. The Balaban J connectivity index is 0.000000128. The van der Waals surface area contributed by atoms with Crippen LogP contribution < -0.4 is 24.9 Å². The van der Waals surface area contributed by atoms with Crippen LogP contribution in [0.15, 0.2) is 291 Å². The van der Waals surface area contributed by atoms with Gasteiger partial charge in [0.05, 0.1) is 45.0 Å². The zero-order valence-corrected chi connectivity index (χ0v) is 88.6. The van der Waals surface area contributed by atoms with Gasteiger partial charge in [-0.15, -0.1) is 55.3 Å². The molecule has 13 aromatic carbocycles. The zero-order valence-electron chi connectivity index (χ0n) is 81.8. The van der Waals surface area contributed by atoms with E-state index in [0.29, 0.717) is 11.3 Å². The number of aromatic nitrogens is 14. The Bertz CT molecular complexity index is 9090. The van der Waals surface area contributed by atoms with Crippen molar-refractivity contribution in [2.45, 2.75) is 170 Å². The fraction of sp³-hybridized carbons (Fsp3) is 0.213. The summed E-state index contributed by atoms with van der Waals surface area (Å²) in [7, 11) is 0. The van der Waals surface area contributed by atoms with Gasteiger partial charge in [0, 0.05) is 42.6 Å². The topological polar surface area (TPSA) is 183 Å². The van der Waals surface area contributed by atoms with Crippen LogP contribution in [-0.4, -0.2) is 49.4 Å². The number of para-hydroxylation sites is 7. The number of hydrogen-bond acceptors (Lipinski definition) is 7. The smallest absolute Gasteiger partial charge is 0.656 e. The van der Waals surface area contributed by atoms with Gasteiger partial charge >= 0.3 is 42.1 Å². The normalized spacial score (nSPS) is 12.7. The quantitative estimate of drug-likeness (QED) is 0.160. The van der Waals surface area contributed by atoms with Crippen molar-refractivity contribution in [1.82, 2.24) is 69.2 Å². The van der Waals surface area contributed by atoms with Crippen molar-refractivity contribution < 1.29 is 68.3 Å². The third-order valence-electron chi connectivity index (χ3n) is 28.0. The van der Waals surface area contributed by atoms with E-state index in [2.05, 4.69) is 361 Å². The van der Waals surface area contributed by atoms with E-state index in [9.17, 15) is 5.11 Å². The molecule has 0 saturated carbocycles. The van der Waals surface area contributed by atoms with Gasteiger partial charge in [-0.05, 0) is 210 Å². The number of phenols is 1. The number of hydrogen-bond donors (Lipinski definition) is 1. The molecule has 18 heteroatoms.